The van der Waals surface area contributed by atoms with Gasteiger partial charge in [-0.1, -0.05) is 5.16 Å². The quantitative estimate of drug-likeness (QED) is 0.846. The Hall–Kier alpha value is -2.19. The molecule has 2 aromatic heterocycles. The molecule has 0 saturated carbocycles. The monoisotopic (exact) mass is 393 g/mol. The molecule has 2 saturated heterocycles. The maximum atomic E-state index is 11.6. The van der Waals surface area contributed by atoms with E-state index in [1.165, 1.54) is 0 Å². The molecule has 1 amide bonds. The van der Waals surface area contributed by atoms with E-state index in [4.69, 9.17) is 9.26 Å². The van der Waals surface area contributed by atoms with Crippen LogP contribution in [0, 0.1) is 0 Å². The average Bonchev–Trinajstić information content (AvgIpc) is 3.36. The molecule has 4 heterocycles. The Morgan fingerprint density at radius 3 is 3.04 bits per heavy atom. The van der Waals surface area contributed by atoms with Gasteiger partial charge < -0.3 is 19.5 Å². The van der Waals surface area contributed by atoms with Gasteiger partial charge in [-0.25, -0.2) is 0 Å². The molecule has 0 aromatic carbocycles. The topological polar surface area (TPSA) is 93.4 Å². The van der Waals surface area contributed by atoms with Crippen LogP contribution in [0.4, 0.5) is 0 Å². The fourth-order valence-electron chi connectivity index (χ4n) is 3.51. The lowest BCUT2D eigenvalue weighted by Gasteiger charge is -2.19. The molecule has 4 rings (SSSR count). The summed E-state index contributed by atoms with van der Waals surface area (Å²) in [5, 5.41) is 7.38. The first kappa shape index (κ1) is 19.6. The van der Waals surface area contributed by atoms with E-state index in [-0.39, 0.29) is 29.8 Å². The number of likely N-dealkylation sites (tertiary alicyclic amines) is 1. The summed E-state index contributed by atoms with van der Waals surface area (Å²) in [5.74, 6) is 1.81. The highest BCUT2D eigenvalue weighted by molar-refractivity contribution is 5.85. The molecule has 0 aliphatic carbocycles. The van der Waals surface area contributed by atoms with E-state index in [9.17, 15) is 4.79 Å². The van der Waals surface area contributed by atoms with E-state index in [0.717, 1.165) is 31.7 Å². The van der Waals surface area contributed by atoms with Gasteiger partial charge in [0.25, 0.3) is 0 Å². The minimum absolute atomic E-state index is 0. The van der Waals surface area contributed by atoms with Crippen LogP contribution in [0.15, 0.2) is 22.9 Å². The number of halogens is 1. The number of rotatable bonds is 4. The van der Waals surface area contributed by atoms with E-state index < -0.39 is 0 Å². The minimum Gasteiger partial charge on any atom is -0.489 e. The fraction of sp³-hybridized carbons (Fsp3) is 0.556. The first-order valence-corrected chi connectivity index (χ1v) is 8.97. The number of carbonyl (C=O) groups is 1. The molecule has 2 aliphatic heterocycles. The van der Waals surface area contributed by atoms with E-state index in [1.54, 1.807) is 13.1 Å². The summed E-state index contributed by atoms with van der Waals surface area (Å²) in [6, 6.07) is 3.68. The zero-order chi connectivity index (χ0) is 18.1. The van der Waals surface area contributed by atoms with Crippen LogP contribution in [-0.4, -0.2) is 58.2 Å². The Labute approximate surface area is 164 Å². The van der Waals surface area contributed by atoms with Crippen molar-refractivity contribution in [1.82, 2.24) is 25.3 Å². The van der Waals surface area contributed by atoms with Crippen molar-refractivity contribution in [3.63, 3.8) is 0 Å². The lowest BCUT2D eigenvalue weighted by Crippen LogP contribution is -2.31. The standard InChI is InChI=1S/C18H23N5O3.ClH/c1-12(24)23-8-5-18(2,11-23)17-21-16(22-26-17)15-9-13(4-7-20-15)25-14-3-6-19-10-14;/h4,7,9,14,19H,3,5-6,8,10-11H2,1-2H3;1H. The maximum Gasteiger partial charge on any atom is 0.234 e. The number of amides is 1. The van der Waals surface area contributed by atoms with Gasteiger partial charge in [0, 0.05) is 38.8 Å². The minimum atomic E-state index is -0.319. The zero-order valence-electron chi connectivity index (χ0n) is 15.5. The molecule has 0 radical (unpaired) electrons. The third-order valence-electron chi connectivity index (χ3n) is 5.14. The van der Waals surface area contributed by atoms with Crippen LogP contribution >= 0.6 is 12.4 Å². The summed E-state index contributed by atoms with van der Waals surface area (Å²) >= 11 is 0. The molecule has 9 heteroatoms. The van der Waals surface area contributed by atoms with Crippen molar-refractivity contribution < 1.29 is 14.1 Å². The second kappa shape index (κ2) is 7.82. The first-order chi connectivity index (χ1) is 12.5. The van der Waals surface area contributed by atoms with Crippen molar-refractivity contribution in [2.24, 2.45) is 0 Å². The van der Waals surface area contributed by atoms with Crippen molar-refractivity contribution in [2.75, 3.05) is 26.2 Å². The number of ether oxygens (including phenoxy) is 1. The highest BCUT2D eigenvalue weighted by Crippen LogP contribution is 2.34. The molecular weight excluding hydrogens is 370 g/mol. The third kappa shape index (κ3) is 4.06. The Balaban J connectivity index is 0.00000210. The van der Waals surface area contributed by atoms with Crippen LogP contribution in [0.25, 0.3) is 11.5 Å². The van der Waals surface area contributed by atoms with Gasteiger partial charge in [-0.15, -0.1) is 12.4 Å². The number of hydrogen-bond donors (Lipinski definition) is 1. The van der Waals surface area contributed by atoms with Crippen molar-refractivity contribution in [3.05, 3.63) is 24.2 Å². The fourth-order valence-corrected chi connectivity index (χ4v) is 3.51. The zero-order valence-corrected chi connectivity index (χ0v) is 16.3. The van der Waals surface area contributed by atoms with E-state index in [0.29, 0.717) is 30.5 Å². The SMILES string of the molecule is CC(=O)N1CCC(C)(c2nc(-c3cc(OC4CCNC4)ccn3)no2)C1.Cl. The summed E-state index contributed by atoms with van der Waals surface area (Å²) in [5.41, 5.74) is 0.300. The predicted octanol–water partition coefficient (Wildman–Crippen LogP) is 1.80. The van der Waals surface area contributed by atoms with Gasteiger partial charge in [-0.3, -0.25) is 9.78 Å². The molecule has 2 aliphatic rings. The summed E-state index contributed by atoms with van der Waals surface area (Å²) < 4.78 is 11.5. The normalized spacial score (nSPS) is 24.7. The summed E-state index contributed by atoms with van der Waals surface area (Å²) in [4.78, 5) is 22.3. The number of aromatic nitrogens is 3. The van der Waals surface area contributed by atoms with Gasteiger partial charge in [-0.05, 0) is 32.4 Å². The molecule has 2 aromatic rings. The Morgan fingerprint density at radius 1 is 1.48 bits per heavy atom. The Morgan fingerprint density at radius 2 is 2.33 bits per heavy atom. The van der Waals surface area contributed by atoms with Gasteiger partial charge in [0.05, 0.1) is 5.41 Å². The molecule has 2 unspecified atom stereocenters. The molecular formula is C18H24ClN5O3. The predicted molar refractivity (Wildman–Crippen MR) is 101 cm³/mol. The van der Waals surface area contributed by atoms with Gasteiger partial charge in [0.2, 0.25) is 17.6 Å². The van der Waals surface area contributed by atoms with E-state index in [1.807, 2.05) is 24.0 Å². The lowest BCUT2D eigenvalue weighted by molar-refractivity contribution is -0.128. The van der Waals surface area contributed by atoms with E-state index in [2.05, 4.69) is 20.4 Å². The van der Waals surface area contributed by atoms with Crippen molar-refractivity contribution in [1.29, 1.82) is 0 Å². The smallest absolute Gasteiger partial charge is 0.234 e. The van der Waals surface area contributed by atoms with Crippen LogP contribution in [0.2, 0.25) is 0 Å². The number of hydrogen-bond acceptors (Lipinski definition) is 7. The van der Waals surface area contributed by atoms with Crippen LogP contribution in [0.3, 0.4) is 0 Å². The second-order valence-electron chi connectivity index (χ2n) is 7.28. The van der Waals surface area contributed by atoms with Crippen molar-refractivity contribution in [2.45, 2.75) is 38.2 Å². The largest absolute Gasteiger partial charge is 0.489 e. The molecule has 27 heavy (non-hydrogen) atoms. The maximum absolute atomic E-state index is 11.6. The van der Waals surface area contributed by atoms with Crippen molar-refractivity contribution in [3.8, 4) is 17.3 Å². The molecule has 2 fully saturated rings. The molecule has 1 N–H and O–H groups in total. The Bertz CT molecular complexity index is 808. The first-order valence-electron chi connectivity index (χ1n) is 8.97. The van der Waals surface area contributed by atoms with Gasteiger partial charge in [0.15, 0.2) is 0 Å². The number of pyridine rings is 1. The molecule has 0 bridgehead atoms. The van der Waals surface area contributed by atoms with Crippen LogP contribution in [0.5, 0.6) is 5.75 Å². The summed E-state index contributed by atoms with van der Waals surface area (Å²) in [7, 11) is 0. The molecule has 8 nitrogen and oxygen atoms in total. The second-order valence-corrected chi connectivity index (χ2v) is 7.28. The van der Waals surface area contributed by atoms with Gasteiger partial charge >= 0.3 is 0 Å². The summed E-state index contributed by atoms with van der Waals surface area (Å²) in [6.07, 6.45) is 3.67. The number of nitrogens with zero attached hydrogens (tertiary/aromatic N) is 4. The van der Waals surface area contributed by atoms with Crippen LogP contribution < -0.4 is 10.1 Å². The molecule has 146 valence electrons. The van der Waals surface area contributed by atoms with Gasteiger partial charge in [0.1, 0.15) is 17.5 Å². The van der Waals surface area contributed by atoms with Crippen LogP contribution in [-0.2, 0) is 10.2 Å². The average molecular weight is 394 g/mol. The van der Waals surface area contributed by atoms with E-state index >= 15 is 0 Å². The van der Waals surface area contributed by atoms with Gasteiger partial charge in [-0.2, -0.15) is 4.98 Å². The van der Waals surface area contributed by atoms with Crippen molar-refractivity contribution >= 4 is 18.3 Å². The lowest BCUT2D eigenvalue weighted by atomic mass is 9.90. The number of carbonyl (C=O) groups excluding carboxylic acids is 1. The molecule has 2 atom stereocenters. The number of nitrogens with one attached hydrogen (secondary N) is 1. The molecule has 0 spiro atoms. The highest BCUT2D eigenvalue weighted by atomic mass is 35.5. The third-order valence-corrected chi connectivity index (χ3v) is 5.14. The summed E-state index contributed by atoms with van der Waals surface area (Å²) in [6.45, 7) is 6.77. The Kier molecular flexibility index (Phi) is 5.67. The van der Waals surface area contributed by atoms with Crippen LogP contribution in [0.1, 0.15) is 32.6 Å². The highest BCUT2D eigenvalue weighted by Gasteiger charge is 2.41.